The minimum absolute atomic E-state index is 0.0781. The van der Waals surface area contributed by atoms with Gasteiger partial charge in [0.15, 0.2) is 0 Å². The van der Waals surface area contributed by atoms with Crippen molar-refractivity contribution in [3.05, 3.63) is 90.0 Å². The van der Waals surface area contributed by atoms with Crippen LogP contribution in [0.5, 0.6) is 0 Å². The Balaban J connectivity index is 0.000000806. The molecule has 0 fully saturated rings. The maximum absolute atomic E-state index is 12.6. The predicted molar refractivity (Wildman–Crippen MR) is 113 cm³/mol. The number of imide groups is 1. The molecule has 0 saturated heterocycles. The molecule has 8 heteroatoms. The largest absolute Gasteiger partial charge is 0.444 e. The lowest BCUT2D eigenvalue weighted by atomic mass is 10.2. The first-order valence-electron chi connectivity index (χ1n) is 9.21. The highest BCUT2D eigenvalue weighted by Crippen LogP contribution is 2.40. The molecule has 0 radical (unpaired) electrons. The molecule has 0 atom stereocenters. The molecule has 2 N–H and O–H groups in total. The van der Waals surface area contributed by atoms with Crippen molar-refractivity contribution in [2.75, 3.05) is 4.90 Å². The Hall–Kier alpha value is -3.62. The highest BCUT2D eigenvalue weighted by molar-refractivity contribution is 6.13. The Morgan fingerprint density at radius 2 is 1.13 bits per heavy atom. The molecule has 152 valence electrons. The first kappa shape index (κ1) is 21.1. The highest BCUT2D eigenvalue weighted by Gasteiger charge is 2.30. The van der Waals surface area contributed by atoms with Crippen LogP contribution >= 0.6 is 0 Å². The molecule has 0 unspecified atom stereocenters. The average molecular weight is 405 g/mol. The fourth-order valence-electron chi connectivity index (χ4n) is 2.72. The van der Waals surface area contributed by atoms with E-state index < -0.39 is 19.9 Å². The fourth-order valence-corrected chi connectivity index (χ4v) is 2.72. The van der Waals surface area contributed by atoms with E-state index in [2.05, 4.69) is 0 Å². The molecular formula is C22H20BNO6. The second kappa shape index (κ2) is 10.2. The summed E-state index contributed by atoms with van der Waals surface area (Å²) < 4.78 is 10.6. The summed E-state index contributed by atoms with van der Waals surface area (Å²) in [7, 11) is -0.750. The highest BCUT2D eigenvalue weighted by atomic mass is 16.6. The van der Waals surface area contributed by atoms with Crippen molar-refractivity contribution >= 4 is 25.6 Å². The third kappa shape index (κ3) is 5.70. The van der Waals surface area contributed by atoms with E-state index in [4.69, 9.17) is 19.5 Å². The van der Waals surface area contributed by atoms with E-state index in [-0.39, 0.29) is 13.2 Å². The fraction of sp³-hybridized carbons (Fsp3) is 0.0909. The Labute approximate surface area is 174 Å². The zero-order chi connectivity index (χ0) is 21.3. The van der Waals surface area contributed by atoms with Crippen LogP contribution in [0.2, 0.25) is 0 Å². The molecule has 30 heavy (non-hydrogen) atoms. The summed E-state index contributed by atoms with van der Waals surface area (Å²) in [5, 5.41) is 14.2. The molecule has 2 aliphatic rings. The smallest absolute Gasteiger partial charge is 0.432 e. The molecule has 2 aromatic rings. The van der Waals surface area contributed by atoms with E-state index in [1.807, 2.05) is 66.7 Å². The van der Waals surface area contributed by atoms with E-state index in [1.165, 1.54) is 0 Å². The van der Waals surface area contributed by atoms with Crippen LogP contribution in [0.3, 0.4) is 0 Å². The van der Waals surface area contributed by atoms with Crippen LogP contribution in [0, 0.1) is 0 Å². The molecule has 0 aromatic heterocycles. The van der Waals surface area contributed by atoms with Gasteiger partial charge < -0.3 is 19.5 Å². The molecular weight excluding hydrogens is 385 g/mol. The number of carbonyl (C=O) groups excluding carboxylic acids is 2. The Kier molecular flexibility index (Phi) is 7.21. The number of hydrogen-bond acceptors (Lipinski definition) is 6. The third-order valence-corrected chi connectivity index (χ3v) is 4.20. The van der Waals surface area contributed by atoms with Crippen molar-refractivity contribution in [3.63, 3.8) is 0 Å². The van der Waals surface area contributed by atoms with Crippen molar-refractivity contribution in [1.29, 1.82) is 0 Å². The maximum Gasteiger partial charge on any atom is 0.432 e. The second-order valence-electron chi connectivity index (χ2n) is 6.33. The summed E-state index contributed by atoms with van der Waals surface area (Å²) in [5.74, 6) is 0. The summed E-state index contributed by atoms with van der Waals surface area (Å²) in [5.41, 5.74) is 4.17. The van der Waals surface area contributed by atoms with E-state index in [1.54, 1.807) is 12.1 Å². The molecule has 0 bridgehead atoms. The van der Waals surface area contributed by atoms with Crippen molar-refractivity contribution in [3.8, 4) is 11.1 Å². The number of carbonyl (C=O) groups is 2. The van der Waals surface area contributed by atoms with Gasteiger partial charge in [-0.1, -0.05) is 60.7 Å². The van der Waals surface area contributed by atoms with Gasteiger partial charge in [0.1, 0.15) is 13.2 Å². The van der Waals surface area contributed by atoms with Gasteiger partial charge in [0.05, 0.1) is 5.69 Å². The van der Waals surface area contributed by atoms with Gasteiger partial charge in [-0.15, -0.1) is 0 Å². The first-order chi connectivity index (χ1) is 14.6. The van der Waals surface area contributed by atoms with Crippen LogP contribution in [0.25, 0.3) is 11.1 Å². The van der Waals surface area contributed by atoms with Gasteiger partial charge in [-0.3, -0.25) is 0 Å². The normalized spacial score (nSPS) is 10.2. The van der Waals surface area contributed by atoms with E-state index in [0.717, 1.165) is 27.2 Å². The average Bonchev–Trinajstić information content (AvgIpc) is 3.38. The van der Waals surface area contributed by atoms with Crippen molar-refractivity contribution in [2.24, 2.45) is 0 Å². The van der Waals surface area contributed by atoms with Crippen molar-refractivity contribution in [2.45, 2.75) is 13.2 Å². The number of ether oxygens (including phenoxy) is 2. The van der Waals surface area contributed by atoms with Gasteiger partial charge in [-0.05, 0) is 40.5 Å². The monoisotopic (exact) mass is 405 g/mol. The van der Waals surface area contributed by atoms with Gasteiger partial charge in [-0.25, -0.2) is 9.59 Å². The van der Waals surface area contributed by atoms with Crippen LogP contribution in [0.1, 0.15) is 11.1 Å². The summed E-state index contributed by atoms with van der Waals surface area (Å²) >= 11 is 0. The molecule has 0 aliphatic heterocycles. The molecule has 2 aliphatic carbocycles. The van der Waals surface area contributed by atoms with Crippen molar-refractivity contribution < 1.29 is 29.1 Å². The van der Waals surface area contributed by atoms with E-state index >= 15 is 0 Å². The third-order valence-electron chi connectivity index (χ3n) is 4.20. The van der Waals surface area contributed by atoms with E-state index in [0.29, 0.717) is 5.69 Å². The van der Waals surface area contributed by atoms with Gasteiger partial charge in [0.25, 0.3) is 0 Å². The molecule has 4 rings (SSSR count). The van der Waals surface area contributed by atoms with Gasteiger partial charge in [0.2, 0.25) is 0 Å². The topological polar surface area (TPSA) is 96.3 Å². The number of fused-ring (bicyclic) bond motifs is 1. The summed E-state index contributed by atoms with van der Waals surface area (Å²) in [4.78, 5) is 26.1. The van der Waals surface area contributed by atoms with Crippen LogP contribution in [0.4, 0.5) is 15.3 Å². The second-order valence-corrected chi connectivity index (χ2v) is 6.33. The zero-order valence-corrected chi connectivity index (χ0v) is 16.1. The zero-order valence-electron chi connectivity index (χ0n) is 16.1. The maximum atomic E-state index is 12.6. The van der Waals surface area contributed by atoms with Gasteiger partial charge >= 0.3 is 19.9 Å². The summed E-state index contributed by atoms with van der Waals surface area (Å²) in [6, 6.07) is 24.1. The quantitative estimate of drug-likeness (QED) is 0.495. The number of anilines is 1. The molecule has 0 heterocycles. The minimum Gasteiger partial charge on any atom is -0.444 e. The summed E-state index contributed by atoms with van der Waals surface area (Å²) in [6.07, 6.45) is -1.52. The standard InChI is InChI=1S/C22H17NO4.BH3O2/c24-21(26-14-16-7-3-1-4-8-16)23(20-12-18-11-19(18)13-20)22(25)27-15-17-9-5-2-6-10-17;2-1-3/h1-13H,14-15H2;1-3H. The lowest BCUT2D eigenvalue weighted by molar-refractivity contribution is 0.127. The van der Waals surface area contributed by atoms with Gasteiger partial charge in [0, 0.05) is 0 Å². The van der Waals surface area contributed by atoms with E-state index in [9.17, 15) is 9.59 Å². The van der Waals surface area contributed by atoms with Crippen LogP contribution in [-0.4, -0.2) is 29.9 Å². The first-order valence-corrected chi connectivity index (χ1v) is 9.21. The lowest BCUT2D eigenvalue weighted by Gasteiger charge is -2.19. The van der Waals surface area contributed by atoms with Crippen LogP contribution in [-0.2, 0) is 22.7 Å². The van der Waals surface area contributed by atoms with Crippen LogP contribution in [0.15, 0.2) is 78.9 Å². The molecule has 2 amide bonds. The molecule has 7 nitrogen and oxygen atoms in total. The Morgan fingerprint density at radius 3 is 1.53 bits per heavy atom. The number of amides is 2. The van der Waals surface area contributed by atoms with Crippen molar-refractivity contribution in [1.82, 2.24) is 0 Å². The van der Waals surface area contributed by atoms with Crippen LogP contribution < -0.4 is 4.90 Å². The Morgan fingerprint density at radius 1 is 0.733 bits per heavy atom. The van der Waals surface area contributed by atoms with Gasteiger partial charge in [-0.2, -0.15) is 4.90 Å². The number of nitrogens with zero attached hydrogens (tertiary/aromatic N) is 1. The molecule has 0 saturated carbocycles. The number of benzene rings is 3. The number of hydrogen-bond donors (Lipinski definition) is 2. The predicted octanol–water partition coefficient (Wildman–Crippen LogP) is 3.38. The minimum atomic E-state index is -0.762. The SMILES string of the molecule is O=C(OCc1ccccc1)N(C(=O)OCc1ccccc1)c1cc2cc-2c1.OBO. The lowest BCUT2D eigenvalue weighted by Crippen LogP contribution is -2.37. The number of rotatable bonds is 5. The summed E-state index contributed by atoms with van der Waals surface area (Å²) in [6.45, 7) is 0.156. The Bertz CT molecular complexity index is 921. The molecule has 2 aromatic carbocycles. The molecule has 0 spiro atoms.